The quantitative estimate of drug-likeness (QED) is 0.749. The van der Waals surface area contributed by atoms with Gasteiger partial charge >= 0.3 is 0 Å². The molecule has 0 bridgehead atoms. The van der Waals surface area contributed by atoms with Crippen LogP contribution >= 0.6 is 0 Å². The van der Waals surface area contributed by atoms with Crippen molar-refractivity contribution < 1.29 is 12.8 Å². The summed E-state index contributed by atoms with van der Waals surface area (Å²) in [5, 5.41) is 2.82. The zero-order valence-corrected chi connectivity index (χ0v) is 10.1. The number of hydrogen-bond acceptors (Lipinski definition) is 3. The minimum absolute atomic E-state index is 0.0106. The molecular weight excluding hydrogens is 231 g/mol. The Morgan fingerprint density at radius 2 is 2.00 bits per heavy atom. The molecule has 0 saturated carbocycles. The van der Waals surface area contributed by atoms with Gasteiger partial charge < -0.3 is 5.32 Å². The maximum atomic E-state index is 13.0. The number of aryl methyl sites for hydroxylation is 1. The van der Waals surface area contributed by atoms with Gasteiger partial charge in [0.05, 0.1) is 4.90 Å². The summed E-state index contributed by atoms with van der Waals surface area (Å²) in [6.07, 6.45) is 0. The molecule has 0 saturated heterocycles. The first kappa shape index (κ1) is 13.1. The van der Waals surface area contributed by atoms with E-state index in [-0.39, 0.29) is 11.4 Å². The third-order valence-corrected chi connectivity index (χ3v) is 3.71. The summed E-state index contributed by atoms with van der Waals surface area (Å²) in [7, 11) is -1.89. The van der Waals surface area contributed by atoms with E-state index < -0.39 is 15.8 Å². The lowest BCUT2D eigenvalue weighted by Gasteiger charge is -2.08. The second-order valence-corrected chi connectivity index (χ2v) is 5.15. The molecule has 1 aromatic rings. The molecule has 90 valence electrons. The molecule has 0 aliphatic carbocycles. The Balaban J connectivity index is 2.93. The minimum Gasteiger partial charge on any atom is -0.318 e. The zero-order chi connectivity index (χ0) is 12.2. The Morgan fingerprint density at radius 3 is 2.62 bits per heavy atom. The SMILES string of the molecule is CNCCNS(=O)(=O)c1cc(F)ccc1C. The highest BCUT2D eigenvalue weighted by atomic mass is 32.2. The molecule has 0 heterocycles. The first-order chi connectivity index (χ1) is 7.47. The van der Waals surface area contributed by atoms with Gasteiger partial charge in [0.25, 0.3) is 0 Å². The molecule has 2 N–H and O–H groups in total. The number of rotatable bonds is 5. The summed E-state index contributed by atoms with van der Waals surface area (Å²) in [4.78, 5) is -0.0106. The maximum Gasteiger partial charge on any atom is 0.240 e. The van der Waals surface area contributed by atoms with Gasteiger partial charge in [-0.15, -0.1) is 0 Å². The molecule has 0 unspecified atom stereocenters. The Hall–Kier alpha value is -0.980. The van der Waals surface area contributed by atoms with E-state index in [4.69, 9.17) is 0 Å². The van der Waals surface area contributed by atoms with Crippen LogP contribution in [0.3, 0.4) is 0 Å². The standard InChI is InChI=1S/C10H15FN2O2S/c1-8-3-4-9(11)7-10(8)16(14,15)13-6-5-12-2/h3-4,7,12-13H,5-6H2,1-2H3. The summed E-state index contributed by atoms with van der Waals surface area (Å²) in [6, 6.07) is 3.71. The van der Waals surface area contributed by atoms with Crippen LogP contribution in [0, 0.1) is 12.7 Å². The first-order valence-corrected chi connectivity index (χ1v) is 6.36. The third kappa shape index (κ3) is 3.26. The van der Waals surface area contributed by atoms with E-state index in [1.165, 1.54) is 12.1 Å². The predicted octanol–water partition coefficient (Wildman–Crippen LogP) is 0.632. The molecule has 1 rings (SSSR count). The number of likely N-dealkylation sites (N-methyl/N-ethyl adjacent to an activating group) is 1. The van der Waals surface area contributed by atoms with Gasteiger partial charge in [0.1, 0.15) is 5.82 Å². The van der Waals surface area contributed by atoms with Gasteiger partial charge in [-0.05, 0) is 31.7 Å². The fourth-order valence-corrected chi connectivity index (χ4v) is 2.54. The van der Waals surface area contributed by atoms with Crippen LogP contribution in [-0.2, 0) is 10.0 Å². The predicted molar refractivity (Wildman–Crippen MR) is 60.3 cm³/mol. The van der Waals surface area contributed by atoms with Gasteiger partial charge in [-0.2, -0.15) is 0 Å². The Kier molecular flexibility index (Phi) is 4.40. The van der Waals surface area contributed by atoms with Gasteiger partial charge in [0.2, 0.25) is 10.0 Å². The molecule has 6 heteroatoms. The van der Waals surface area contributed by atoms with Crippen molar-refractivity contribution in [2.24, 2.45) is 0 Å². The van der Waals surface area contributed by atoms with Gasteiger partial charge in [0.15, 0.2) is 0 Å². The van der Waals surface area contributed by atoms with Crippen molar-refractivity contribution in [2.45, 2.75) is 11.8 Å². The van der Waals surface area contributed by atoms with Crippen molar-refractivity contribution in [1.82, 2.24) is 10.0 Å². The van der Waals surface area contributed by atoms with E-state index in [0.29, 0.717) is 12.1 Å². The van der Waals surface area contributed by atoms with Crippen LogP contribution in [0.25, 0.3) is 0 Å². The van der Waals surface area contributed by atoms with Crippen LogP contribution in [0.2, 0.25) is 0 Å². The normalized spacial score (nSPS) is 11.7. The molecule has 0 spiro atoms. The maximum absolute atomic E-state index is 13.0. The summed E-state index contributed by atoms with van der Waals surface area (Å²) < 4.78 is 38.9. The minimum atomic E-state index is -3.62. The molecule has 0 fully saturated rings. The molecule has 16 heavy (non-hydrogen) atoms. The fourth-order valence-electron chi connectivity index (χ4n) is 1.25. The van der Waals surface area contributed by atoms with Gasteiger partial charge in [-0.3, -0.25) is 0 Å². The lowest BCUT2D eigenvalue weighted by Crippen LogP contribution is -2.31. The van der Waals surface area contributed by atoms with E-state index in [2.05, 4.69) is 10.0 Å². The summed E-state index contributed by atoms with van der Waals surface area (Å²) in [6.45, 7) is 2.43. The molecule has 0 aromatic heterocycles. The van der Waals surface area contributed by atoms with Crippen molar-refractivity contribution in [1.29, 1.82) is 0 Å². The largest absolute Gasteiger partial charge is 0.318 e. The second-order valence-electron chi connectivity index (χ2n) is 3.41. The summed E-state index contributed by atoms with van der Waals surface area (Å²) in [5.41, 5.74) is 0.526. The van der Waals surface area contributed by atoms with Gasteiger partial charge in [0, 0.05) is 13.1 Å². The van der Waals surface area contributed by atoms with Crippen LogP contribution in [0.4, 0.5) is 4.39 Å². The van der Waals surface area contributed by atoms with E-state index >= 15 is 0 Å². The Labute approximate surface area is 94.9 Å². The second kappa shape index (κ2) is 5.38. The summed E-state index contributed by atoms with van der Waals surface area (Å²) in [5.74, 6) is -0.556. The molecule has 1 aromatic carbocycles. The van der Waals surface area contributed by atoms with Crippen LogP contribution in [-0.4, -0.2) is 28.6 Å². The van der Waals surface area contributed by atoms with Gasteiger partial charge in [-0.25, -0.2) is 17.5 Å². The van der Waals surface area contributed by atoms with Crippen LogP contribution < -0.4 is 10.0 Å². The zero-order valence-electron chi connectivity index (χ0n) is 9.25. The smallest absolute Gasteiger partial charge is 0.240 e. The van der Waals surface area contributed by atoms with E-state index in [1.807, 2.05) is 0 Å². The van der Waals surface area contributed by atoms with Crippen LogP contribution in [0.15, 0.2) is 23.1 Å². The molecular formula is C10H15FN2O2S. The number of hydrogen-bond donors (Lipinski definition) is 2. The number of benzene rings is 1. The highest BCUT2D eigenvalue weighted by Crippen LogP contribution is 2.15. The Morgan fingerprint density at radius 1 is 1.31 bits per heavy atom. The number of halogens is 1. The first-order valence-electron chi connectivity index (χ1n) is 4.88. The Bertz CT molecular complexity index is 460. The lowest BCUT2D eigenvalue weighted by molar-refractivity contribution is 0.575. The van der Waals surface area contributed by atoms with Crippen molar-refractivity contribution in [3.8, 4) is 0 Å². The van der Waals surface area contributed by atoms with Crippen molar-refractivity contribution in [3.63, 3.8) is 0 Å². The fraction of sp³-hybridized carbons (Fsp3) is 0.400. The van der Waals surface area contributed by atoms with Crippen molar-refractivity contribution in [2.75, 3.05) is 20.1 Å². The van der Waals surface area contributed by atoms with E-state index in [1.54, 1.807) is 14.0 Å². The average molecular weight is 246 g/mol. The molecule has 0 aliphatic rings. The monoisotopic (exact) mass is 246 g/mol. The highest BCUT2D eigenvalue weighted by molar-refractivity contribution is 7.89. The topological polar surface area (TPSA) is 58.2 Å². The molecule has 0 aliphatic heterocycles. The number of nitrogens with one attached hydrogen (secondary N) is 2. The third-order valence-electron chi connectivity index (χ3n) is 2.11. The lowest BCUT2D eigenvalue weighted by atomic mass is 10.2. The van der Waals surface area contributed by atoms with E-state index in [0.717, 1.165) is 6.07 Å². The molecule has 4 nitrogen and oxygen atoms in total. The highest BCUT2D eigenvalue weighted by Gasteiger charge is 2.16. The van der Waals surface area contributed by atoms with Crippen LogP contribution in [0.5, 0.6) is 0 Å². The number of sulfonamides is 1. The van der Waals surface area contributed by atoms with Gasteiger partial charge in [-0.1, -0.05) is 6.07 Å². The van der Waals surface area contributed by atoms with Crippen molar-refractivity contribution in [3.05, 3.63) is 29.6 Å². The summed E-state index contributed by atoms with van der Waals surface area (Å²) >= 11 is 0. The molecule has 0 atom stereocenters. The van der Waals surface area contributed by atoms with Crippen molar-refractivity contribution >= 4 is 10.0 Å². The molecule has 0 radical (unpaired) electrons. The van der Waals surface area contributed by atoms with Crippen LogP contribution in [0.1, 0.15) is 5.56 Å². The van der Waals surface area contributed by atoms with E-state index in [9.17, 15) is 12.8 Å². The average Bonchev–Trinajstić information content (AvgIpc) is 2.22. The molecule has 0 amide bonds.